The van der Waals surface area contributed by atoms with E-state index in [1.165, 1.54) is 7.11 Å². The van der Waals surface area contributed by atoms with Gasteiger partial charge in [-0.1, -0.05) is 13.3 Å². The van der Waals surface area contributed by atoms with Crippen LogP contribution in [0.5, 0.6) is 17.2 Å². The zero-order chi connectivity index (χ0) is 22.5. The molecule has 0 N–H and O–H groups in total. The Morgan fingerprint density at radius 1 is 1.06 bits per heavy atom. The molecule has 1 heterocycles. The van der Waals surface area contributed by atoms with Gasteiger partial charge in [-0.05, 0) is 43.9 Å². The third kappa shape index (κ3) is 4.45. The summed E-state index contributed by atoms with van der Waals surface area (Å²) in [5.74, 6) is 0.0698. The number of nitrogens with zero attached hydrogens (tertiary/aromatic N) is 1. The van der Waals surface area contributed by atoms with Crippen molar-refractivity contribution in [2.45, 2.75) is 51.9 Å². The topological polar surface area (TPSA) is 83.4 Å². The maximum Gasteiger partial charge on any atom is 0.336 e. The van der Waals surface area contributed by atoms with Gasteiger partial charge in [0.05, 0.1) is 39.4 Å². The van der Waals surface area contributed by atoms with Gasteiger partial charge in [0.25, 0.3) is 0 Å². The van der Waals surface area contributed by atoms with Gasteiger partial charge < -0.3 is 18.9 Å². The number of hydrogen-bond acceptors (Lipinski definition) is 7. The molecule has 1 aromatic rings. The van der Waals surface area contributed by atoms with E-state index in [1.807, 2.05) is 26.0 Å². The van der Waals surface area contributed by atoms with Crippen molar-refractivity contribution in [3.8, 4) is 17.2 Å². The summed E-state index contributed by atoms with van der Waals surface area (Å²) in [6, 6.07) is 3.62. The summed E-state index contributed by atoms with van der Waals surface area (Å²) in [5.41, 5.74) is 2.59. The van der Waals surface area contributed by atoms with Crippen LogP contribution in [-0.4, -0.2) is 45.4 Å². The number of carbonyl (C=O) groups is 2. The van der Waals surface area contributed by atoms with Gasteiger partial charge >= 0.3 is 5.97 Å². The van der Waals surface area contributed by atoms with Crippen LogP contribution in [0, 0.1) is 5.92 Å². The minimum Gasteiger partial charge on any atom is -0.493 e. The van der Waals surface area contributed by atoms with E-state index in [4.69, 9.17) is 18.9 Å². The molecule has 1 aliphatic carbocycles. The lowest BCUT2D eigenvalue weighted by Gasteiger charge is -2.36. The quantitative estimate of drug-likeness (QED) is 0.454. The standard InChI is InChI=1S/C24H31NO6/c1-6-7-11-31-24(27)20-14(2)25-16-9-8-10-17(26)22(16)21(20)15-12-18(28-3)23(30-5)19(13-15)29-4/h12-13,21-22H,6-11H2,1-5H3/t21-,22-/m0/s1. The third-order valence-electron chi connectivity index (χ3n) is 5.90. The molecule has 1 aromatic carbocycles. The smallest absolute Gasteiger partial charge is 0.336 e. The first kappa shape index (κ1) is 22.8. The highest BCUT2D eigenvalue weighted by Crippen LogP contribution is 2.47. The fraction of sp³-hybridized carbons (Fsp3) is 0.542. The Morgan fingerprint density at radius 2 is 1.74 bits per heavy atom. The van der Waals surface area contributed by atoms with Gasteiger partial charge in [-0.3, -0.25) is 9.79 Å². The molecule has 1 fully saturated rings. The molecule has 31 heavy (non-hydrogen) atoms. The Bertz CT molecular complexity index is 892. The van der Waals surface area contributed by atoms with Gasteiger partial charge in [-0.15, -0.1) is 0 Å². The highest BCUT2D eigenvalue weighted by Gasteiger charge is 2.44. The van der Waals surface area contributed by atoms with E-state index in [0.717, 1.165) is 37.0 Å². The SMILES string of the molecule is CCCCOC(=O)C1=C(C)N=C2CCCC(=O)[C@H]2[C@H]1c1cc(OC)c(OC)c(OC)c1. The number of ether oxygens (including phenoxy) is 4. The maximum atomic E-state index is 13.1. The minimum absolute atomic E-state index is 0.0927. The fourth-order valence-corrected chi connectivity index (χ4v) is 4.41. The van der Waals surface area contributed by atoms with Crippen LogP contribution in [0.1, 0.15) is 57.4 Å². The zero-order valence-corrected chi connectivity index (χ0v) is 18.9. The lowest BCUT2D eigenvalue weighted by Crippen LogP contribution is -2.39. The second-order valence-electron chi connectivity index (χ2n) is 7.83. The lowest BCUT2D eigenvalue weighted by atomic mass is 9.69. The Morgan fingerprint density at radius 3 is 2.32 bits per heavy atom. The van der Waals surface area contributed by atoms with Crippen LogP contribution < -0.4 is 14.2 Å². The van der Waals surface area contributed by atoms with E-state index in [0.29, 0.717) is 41.5 Å². The molecule has 0 unspecified atom stereocenters. The van der Waals surface area contributed by atoms with Gasteiger partial charge in [0.1, 0.15) is 5.78 Å². The van der Waals surface area contributed by atoms with E-state index in [1.54, 1.807) is 14.2 Å². The average molecular weight is 430 g/mol. The zero-order valence-electron chi connectivity index (χ0n) is 18.9. The molecule has 3 rings (SSSR count). The molecule has 2 aliphatic rings. The van der Waals surface area contributed by atoms with Crippen LogP contribution in [-0.2, 0) is 14.3 Å². The molecule has 2 atom stereocenters. The number of fused-ring (bicyclic) bond motifs is 1. The lowest BCUT2D eigenvalue weighted by molar-refractivity contribution is -0.139. The molecule has 7 heteroatoms. The van der Waals surface area contributed by atoms with E-state index in [9.17, 15) is 9.59 Å². The summed E-state index contributed by atoms with van der Waals surface area (Å²) in [6.07, 6.45) is 3.70. The van der Waals surface area contributed by atoms with Crippen molar-refractivity contribution in [2.24, 2.45) is 10.9 Å². The van der Waals surface area contributed by atoms with Gasteiger partial charge in [-0.2, -0.15) is 0 Å². The van der Waals surface area contributed by atoms with Gasteiger partial charge in [0.15, 0.2) is 11.5 Å². The van der Waals surface area contributed by atoms with Crippen LogP contribution in [0.3, 0.4) is 0 Å². The summed E-state index contributed by atoms with van der Waals surface area (Å²) in [5, 5.41) is 0. The molecule has 0 saturated heterocycles. The first-order valence-electron chi connectivity index (χ1n) is 10.7. The second kappa shape index (κ2) is 9.98. The van der Waals surface area contributed by atoms with Crippen molar-refractivity contribution in [1.29, 1.82) is 0 Å². The average Bonchev–Trinajstić information content (AvgIpc) is 2.77. The van der Waals surface area contributed by atoms with Crippen LogP contribution in [0.15, 0.2) is 28.4 Å². The summed E-state index contributed by atoms with van der Waals surface area (Å²) in [6.45, 7) is 4.18. The van der Waals surface area contributed by atoms with Crippen molar-refractivity contribution in [2.75, 3.05) is 27.9 Å². The highest BCUT2D eigenvalue weighted by atomic mass is 16.5. The minimum atomic E-state index is -0.511. The van der Waals surface area contributed by atoms with Crippen LogP contribution in [0.2, 0.25) is 0 Å². The van der Waals surface area contributed by atoms with Crippen molar-refractivity contribution in [1.82, 2.24) is 0 Å². The van der Waals surface area contributed by atoms with Crippen LogP contribution >= 0.6 is 0 Å². The molecular formula is C24H31NO6. The predicted octanol–water partition coefficient (Wildman–Crippen LogP) is 4.24. The first-order valence-corrected chi connectivity index (χ1v) is 10.7. The van der Waals surface area contributed by atoms with Crippen molar-refractivity contribution in [3.63, 3.8) is 0 Å². The molecule has 1 saturated carbocycles. The number of allylic oxidation sites excluding steroid dienone is 1. The number of esters is 1. The molecule has 168 valence electrons. The summed E-state index contributed by atoms with van der Waals surface area (Å²) < 4.78 is 22.0. The third-order valence-corrected chi connectivity index (χ3v) is 5.90. The number of ketones is 1. The Balaban J connectivity index is 2.16. The first-order chi connectivity index (χ1) is 15.0. The Labute approximate surface area is 183 Å². The van der Waals surface area contributed by atoms with Crippen molar-refractivity contribution < 1.29 is 28.5 Å². The Hall–Kier alpha value is -2.83. The molecule has 0 bridgehead atoms. The number of aliphatic imine (C=N–C) groups is 1. The summed E-state index contributed by atoms with van der Waals surface area (Å²) >= 11 is 0. The summed E-state index contributed by atoms with van der Waals surface area (Å²) in [4.78, 5) is 30.8. The molecule has 7 nitrogen and oxygen atoms in total. The number of unbranched alkanes of at least 4 members (excludes halogenated alkanes) is 1. The summed E-state index contributed by atoms with van der Waals surface area (Å²) in [7, 11) is 4.62. The van der Waals surface area contributed by atoms with E-state index < -0.39 is 17.8 Å². The number of benzene rings is 1. The molecule has 0 radical (unpaired) electrons. The van der Waals surface area contributed by atoms with Crippen LogP contribution in [0.4, 0.5) is 0 Å². The van der Waals surface area contributed by atoms with Crippen molar-refractivity contribution in [3.05, 3.63) is 29.0 Å². The van der Waals surface area contributed by atoms with Gasteiger partial charge in [0, 0.05) is 23.7 Å². The van der Waals surface area contributed by atoms with Gasteiger partial charge in [-0.25, -0.2) is 4.79 Å². The normalized spacial score (nSPS) is 20.7. The number of methoxy groups -OCH3 is 3. The molecule has 0 aromatic heterocycles. The van der Waals surface area contributed by atoms with Crippen LogP contribution in [0.25, 0.3) is 0 Å². The largest absolute Gasteiger partial charge is 0.493 e. The molecule has 0 amide bonds. The molecule has 1 aliphatic heterocycles. The fourth-order valence-electron chi connectivity index (χ4n) is 4.41. The second-order valence-corrected chi connectivity index (χ2v) is 7.83. The maximum absolute atomic E-state index is 13.1. The number of hydrogen-bond donors (Lipinski definition) is 0. The number of Topliss-reactive ketones (excluding diaryl/α,β-unsaturated/α-hetero) is 1. The molecule has 0 spiro atoms. The molecular weight excluding hydrogens is 398 g/mol. The van der Waals surface area contributed by atoms with E-state index in [-0.39, 0.29) is 5.78 Å². The Kier molecular flexibility index (Phi) is 7.36. The van der Waals surface area contributed by atoms with Crippen molar-refractivity contribution >= 4 is 17.5 Å². The van der Waals surface area contributed by atoms with E-state index in [2.05, 4.69) is 4.99 Å². The highest BCUT2D eigenvalue weighted by molar-refractivity contribution is 6.11. The monoisotopic (exact) mass is 429 g/mol. The predicted molar refractivity (Wildman–Crippen MR) is 117 cm³/mol. The van der Waals surface area contributed by atoms with E-state index >= 15 is 0 Å². The number of rotatable bonds is 8. The number of carbonyl (C=O) groups excluding carboxylic acids is 2. The van der Waals surface area contributed by atoms with Gasteiger partial charge in [0.2, 0.25) is 5.75 Å².